The molecule has 1 aromatic heterocycles. The van der Waals surface area contributed by atoms with E-state index in [0.717, 1.165) is 11.3 Å². The van der Waals surface area contributed by atoms with Crippen LogP contribution in [0.1, 0.15) is 22.8 Å². The van der Waals surface area contributed by atoms with Gasteiger partial charge in [0.15, 0.2) is 0 Å². The van der Waals surface area contributed by atoms with Gasteiger partial charge < -0.3 is 20.7 Å². The van der Waals surface area contributed by atoms with Crippen molar-refractivity contribution in [1.82, 2.24) is 4.98 Å². The Morgan fingerprint density at radius 3 is 2.57 bits per heavy atom. The van der Waals surface area contributed by atoms with Crippen molar-refractivity contribution in [2.75, 3.05) is 36.7 Å². The number of anilines is 3. The van der Waals surface area contributed by atoms with Crippen LogP contribution >= 0.6 is 0 Å². The zero-order valence-corrected chi connectivity index (χ0v) is 17.2. The number of rotatable bonds is 6. The molecule has 0 unspecified atom stereocenters. The highest BCUT2D eigenvalue weighted by Gasteiger charge is 2.14. The van der Waals surface area contributed by atoms with Gasteiger partial charge >= 0.3 is 5.97 Å². The Kier molecular flexibility index (Phi) is 6.32. The molecule has 0 aliphatic heterocycles. The zero-order valence-electron chi connectivity index (χ0n) is 17.2. The third-order valence-electron chi connectivity index (χ3n) is 4.51. The number of nitrogens with zero attached hydrogens (tertiary/aromatic N) is 2. The number of carbonyl (C=O) groups is 2. The van der Waals surface area contributed by atoms with E-state index in [1.807, 2.05) is 43.3 Å². The molecule has 2 aromatic carbocycles. The molecule has 0 aliphatic rings. The molecular formula is C23H24N4O3. The summed E-state index contributed by atoms with van der Waals surface area (Å²) in [5.41, 5.74) is 9.79. The number of pyridine rings is 1. The van der Waals surface area contributed by atoms with E-state index in [0.29, 0.717) is 16.6 Å². The van der Waals surface area contributed by atoms with Crippen LogP contribution in [0.25, 0.3) is 17.0 Å². The molecule has 0 fully saturated rings. The molecular weight excluding hydrogens is 380 g/mol. The topological polar surface area (TPSA) is 97.5 Å². The van der Waals surface area contributed by atoms with E-state index in [-0.39, 0.29) is 23.8 Å². The first-order valence-corrected chi connectivity index (χ1v) is 9.51. The molecule has 154 valence electrons. The highest BCUT2D eigenvalue weighted by molar-refractivity contribution is 6.07. The normalized spacial score (nSPS) is 10.9. The molecule has 3 aromatic rings. The van der Waals surface area contributed by atoms with Gasteiger partial charge in [-0.1, -0.05) is 12.1 Å². The lowest BCUT2D eigenvalue weighted by Crippen LogP contribution is -2.10. The van der Waals surface area contributed by atoms with Gasteiger partial charge in [-0.2, -0.15) is 0 Å². The Hall–Kier alpha value is -3.87. The van der Waals surface area contributed by atoms with Crippen molar-refractivity contribution < 1.29 is 14.3 Å². The number of nitrogens with two attached hydrogens (primary N) is 1. The maximum absolute atomic E-state index is 12.3. The maximum atomic E-state index is 12.3. The van der Waals surface area contributed by atoms with Crippen molar-refractivity contribution in [2.45, 2.75) is 6.92 Å². The van der Waals surface area contributed by atoms with E-state index in [9.17, 15) is 9.59 Å². The van der Waals surface area contributed by atoms with Gasteiger partial charge in [0, 0.05) is 43.1 Å². The predicted molar refractivity (Wildman–Crippen MR) is 121 cm³/mol. The second-order valence-corrected chi connectivity index (χ2v) is 6.85. The third kappa shape index (κ3) is 4.75. The number of nitrogen functional groups attached to an aromatic ring is 1. The number of hydrogen-bond donors (Lipinski definition) is 2. The molecule has 3 rings (SSSR count). The summed E-state index contributed by atoms with van der Waals surface area (Å²) in [6, 6.07) is 13.0. The fourth-order valence-corrected chi connectivity index (χ4v) is 2.90. The Balaban J connectivity index is 1.76. The summed E-state index contributed by atoms with van der Waals surface area (Å²) in [4.78, 5) is 30.6. The fraction of sp³-hybridized carbons (Fsp3) is 0.174. The largest absolute Gasteiger partial charge is 0.462 e. The number of fused-ring (bicyclic) bond motifs is 1. The van der Waals surface area contributed by atoms with E-state index in [1.54, 1.807) is 31.2 Å². The lowest BCUT2D eigenvalue weighted by molar-refractivity contribution is -0.111. The van der Waals surface area contributed by atoms with E-state index in [2.05, 4.69) is 10.3 Å². The smallest absolute Gasteiger partial charge is 0.341 e. The number of aromatic nitrogens is 1. The van der Waals surface area contributed by atoms with Crippen LogP contribution in [-0.4, -0.2) is 37.6 Å². The molecule has 0 radical (unpaired) electrons. The fourth-order valence-electron chi connectivity index (χ4n) is 2.90. The number of benzene rings is 2. The van der Waals surface area contributed by atoms with Gasteiger partial charge in [0.2, 0.25) is 5.91 Å². The van der Waals surface area contributed by atoms with Crippen LogP contribution in [-0.2, 0) is 9.53 Å². The molecule has 30 heavy (non-hydrogen) atoms. The minimum Gasteiger partial charge on any atom is -0.462 e. The molecule has 3 N–H and O–H groups in total. The van der Waals surface area contributed by atoms with Gasteiger partial charge in [-0.3, -0.25) is 9.78 Å². The predicted octanol–water partition coefficient (Wildman–Crippen LogP) is 3.71. The molecule has 0 spiro atoms. The number of amides is 1. The average molecular weight is 404 g/mol. The quantitative estimate of drug-likeness (QED) is 0.480. The van der Waals surface area contributed by atoms with E-state index in [4.69, 9.17) is 10.5 Å². The van der Waals surface area contributed by atoms with Crippen molar-refractivity contribution >= 4 is 45.9 Å². The van der Waals surface area contributed by atoms with Crippen LogP contribution in [0.5, 0.6) is 0 Å². The van der Waals surface area contributed by atoms with Crippen LogP contribution < -0.4 is 16.0 Å². The van der Waals surface area contributed by atoms with Crippen molar-refractivity contribution in [3.63, 3.8) is 0 Å². The standard InChI is InChI=1S/C23H24N4O3/c1-4-30-23(29)19-14-25-20-11-8-16(13-18(20)22(19)24)26-21(28)12-7-15-5-9-17(10-6-15)27(2)3/h5-14H,4H2,1-3H3,(H2,24,25)(H,26,28)/b12-7+. The number of hydrogen-bond acceptors (Lipinski definition) is 6. The van der Waals surface area contributed by atoms with Crippen molar-refractivity contribution in [2.24, 2.45) is 0 Å². The van der Waals surface area contributed by atoms with Crippen LogP contribution in [0.3, 0.4) is 0 Å². The number of carbonyl (C=O) groups excluding carboxylic acids is 2. The Labute approximate surface area is 175 Å². The van der Waals surface area contributed by atoms with Gasteiger partial charge in [-0.05, 0) is 48.9 Å². The van der Waals surface area contributed by atoms with Gasteiger partial charge in [0.1, 0.15) is 5.56 Å². The Morgan fingerprint density at radius 2 is 1.90 bits per heavy atom. The van der Waals surface area contributed by atoms with E-state index in [1.165, 1.54) is 12.3 Å². The van der Waals surface area contributed by atoms with Crippen molar-refractivity contribution in [3.8, 4) is 0 Å². The summed E-state index contributed by atoms with van der Waals surface area (Å²) in [5.74, 6) is -0.804. The summed E-state index contributed by atoms with van der Waals surface area (Å²) in [6.45, 7) is 1.97. The highest BCUT2D eigenvalue weighted by atomic mass is 16.5. The second kappa shape index (κ2) is 9.09. The molecule has 1 amide bonds. The molecule has 1 heterocycles. The molecule has 0 atom stereocenters. The Bertz CT molecular complexity index is 1110. The third-order valence-corrected chi connectivity index (χ3v) is 4.51. The van der Waals surface area contributed by atoms with Gasteiger partial charge in [-0.25, -0.2) is 4.79 Å². The minimum absolute atomic E-state index is 0.203. The monoisotopic (exact) mass is 404 g/mol. The summed E-state index contributed by atoms with van der Waals surface area (Å²) in [7, 11) is 3.94. The van der Waals surface area contributed by atoms with Crippen molar-refractivity contribution in [1.29, 1.82) is 0 Å². The minimum atomic E-state index is -0.526. The summed E-state index contributed by atoms with van der Waals surface area (Å²) in [5, 5.41) is 3.37. The molecule has 0 saturated carbocycles. The molecule has 0 bridgehead atoms. The molecule has 7 nitrogen and oxygen atoms in total. The first-order chi connectivity index (χ1) is 14.4. The summed E-state index contributed by atoms with van der Waals surface area (Å²) < 4.78 is 5.01. The number of nitrogens with one attached hydrogen (secondary N) is 1. The maximum Gasteiger partial charge on any atom is 0.341 e. The molecule has 7 heteroatoms. The SMILES string of the molecule is CCOC(=O)c1cnc2ccc(NC(=O)/C=C/c3ccc(N(C)C)cc3)cc2c1N. The lowest BCUT2D eigenvalue weighted by Gasteiger charge is -2.11. The summed E-state index contributed by atoms with van der Waals surface area (Å²) >= 11 is 0. The number of ether oxygens (including phenoxy) is 1. The van der Waals surface area contributed by atoms with Crippen LogP contribution in [0.2, 0.25) is 0 Å². The van der Waals surface area contributed by atoms with Crippen LogP contribution in [0, 0.1) is 0 Å². The average Bonchev–Trinajstić information content (AvgIpc) is 2.73. The van der Waals surface area contributed by atoms with Crippen LogP contribution in [0.4, 0.5) is 17.1 Å². The first kappa shape index (κ1) is 20.9. The van der Waals surface area contributed by atoms with Crippen LogP contribution in [0.15, 0.2) is 54.7 Å². The van der Waals surface area contributed by atoms with E-state index < -0.39 is 5.97 Å². The second-order valence-electron chi connectivity index (χ2n) is 6.85. The van der Waals surface area contributed by atoms with Crippen molar-refractivity contribution in [3.05, 3.63) is 65.9 Å². The lowest BCUT2D eigenvalue weighted by atomic mass is 10.1. The highest BCUT2D eigenvalue weighted by Crippen LogP contribution is 2.26. The summed E-state index contributed by atoms with van der Waals surface area (Å²) in [6.07, 6.45) is 4.61. The zero-order chi connectivity index (χ0) is 21.7. The molecule has 0 saturated heterocycles. The number of esters is 1. The first-order valence-electron chi connectivity index (χ1n) is 9.51. The van der Waals surface area contributed by atoms with Gasteiger partial charge in [-0.15, -0.1) is 0 Å². The Morgan fingerprint density at radius 1 is 1.17 bits per heavy atom. The van der Waals surface area contributed by atoms with Gasteiger partial charge in [0.05, 0.1) is 17.8 Å². The molecule has 0 aliphatic carbocycles. The van der Waals surface area contributed by atoms with E-state index >= 15 is 0 Å². The van der Waals surface area contributed by atoms with Gasteiger partial charge in [0.25, 0.3) is 0 Å².